The molecule has 15 heavy (non-hydrogen) atoms. The van der Waals surface area contributed by atoms with Crippen molar-refractivity contribution in [1.29, 1.82) is 0 Å². The van der Waals surface area contributed by atoms with Gasteiger partial charge in [0.15, 0.2) is 9.84 Å². The fourth-order valence-corrected chi connectivity index (χ4v) is 3.01. The summed E-state index contributed by atoms with van der Waals surface area (Å²) >= 11 is 0. The predicted molar refractivity (Wildman–Crippen MR) is 58.4 cm³/mol. The molecule has 0 aromatic carbocycles. The van der Waals surface area contributed by atoms with Crippen molar-refractivity contribution in [2.24, 2.45) is 5.73 Å². The molecule has 0 saturated carbocycles. The maximum Gasteiger partial charge on any atom is 0.318 e. The summed E-state index contributed by atoms with van der Waals surface area (Å²) < 4.78 is 23.2. The number of carboxylic acids is 1. The van der Waals surface area contributed by atoms with Crippen molar-refractivity contribution >= 4 is 15.8 Å². The monoisotopic (exact) mass is 237 g/mol. The van der Waals surface area contributed by atoms with E-state index in [1.807, 2.05) is 6.92 Å². The van der Waals surface area contributed by atoms with Gasteiger partial charge in [0.25, 0.3) is 0 Å². The molecule has 0 rings (SSSR count). The Kier molecular flexibility index (Phi) is 6.51. The van der Waals surface area contributed by atoms with Crippen molar-refractivity contribution in [3.63, 3.8) is 0 Å². The van der Waals surface area contributed by atoms with E-state index in [1.54, 1.807) is 0 Å². The van der Waals surface area contributed by atoms with Crippen LogP contribution in [0.25, 0.3) is 0 Å². The van der Waals surface area contributed by atoms with Crippen molar-refractivity contribution < 1.29 is 18.3 Å². The SMILES string of the molecule is CCCCC(CCN)S(=O)(=O)CC(=O)O. The van der Waals surface area contributed by atoms with Crippen molar-refractivity contribution in [1.82, 2.24) is 0 Å². The molecule has 0 aromatic rings. The van der Waals surface area contributed by atoms with Crippen molar-refractivity contribution in [3.05, 3.63) is 0 Å². The molecule has 90 valence electrons. The molecule has 1 unspecified atom stereocenters. The number of hydrogen-bond acceptors (Lipinski definition) is 4. The molecule has 0 aliphatic heterocycles. The van der Waals surface area contributed by atoms with Gasteiger partial charge in [0.2, 0.25) is 0 Å². The third-order valence-electron chi connectivity index (χ3n) is 2.20. The molecule has 0 bridgehead atoms. The lowest BCUT2D eigenvalue weighted by molar-refractivity contribution is -0.134. The maximum absolute atomic E-state index is 11.6. The van der Waals surface area contributed by atoms with Crippen LogP contribution in [0.1, 0.15) is 32.6 Å². The van der Waals surface area contributed by atoms with Crippen LogP contribution in [-0.2, 0) is 14.6 Å². The van der Waals surface area contributed by atoms with Crippen LogP contribution in [0.5, 0.6) is 0 Å². The third kappa shape index (κ3) is 5.74. The van der Waals surface area contributed by atoms with Crippen LogP contribution in [0, 0.1) is 0 Å². The zero-order valence-corrected chi connectivity index (χ0v) is 9.79. The normalized spacial score (nSPS) is 13.7. The molecule has 1 atom stereocenters. The number of carboxylic acid groups (broad SMARTS) is 1. The number of nitrogens with two attached hydrogens (primary N) is 1. The van der Waals surface area contributed by atoms with Crippen LogP contribution in [0.15, 0.2) is 0 Å². The van der Waals surface area contributed by atoms with E-state index in [4.69, 9.17) is 10.8 Å². The van der Waals surface area contributed by atoms with E-state index in [9.17, 15) is 13.2 Å². The van der Waals surface area contributed by atoms with E-state index in [0.29, 0.717) is 12.8 Å². The molecule has 0 heterocycles. The number of sulfone groups is 1. The molecule has 6 heteroatoms. The molecule has 0 amide bonds. The second-order valence-corrected chi connectivity index (χ2v) is 5.82. The van der Waals surface area contributed by atoms with Crippen molar-refractivity contribution in [2.75, 3.05) is 12.3 Å². The van der Waals surface area contributed by atoms with Crippen LogP contribution in [0.3, 0.4) is 0 Å². The number of unbranched alkanes of at least 4 members (excludes halogenated alkanes) is 1. The molecular weight excluding hydrogens is 218 g/mol. The van der Waals surface area contributed by atoms with E-state index in [1.165, 1.54) is 0 Å². The van der Waals surface area contributed by atoms with Gasteiger partial charge in [0, 0.05) is 0 Å². The van der Waals surface area contributed by atoms with E-state index in [-0.39, 0.29) is 6.54 Å². The zero-order valence-electron chi connectivity index (χ0n) is 8.98. The standard InChI is InChI=1S/C9H19NO4S/c1-2-3-4-8(5-6-10)15(13,14)7-9(11)12/h8H,2-7,10H2,1H3,(H,11,12). The van der Waals surface area contributed by atoms with Gasteiger partial charge in [-0.2, -0.15) is 0 Å². The Morgan fingerprint density at radius 2 is 2.00 bits per heavy atom. The van der Waals surface area contributed by atoms with E-state index >= 15 is 0 Å². The summed E-state index contributed by atoms with van der Waals surface area (Å²) in [5.74, 6) is -2.09. The average molecular weight is 237 g/mol. The highest BCUT2D eigenvalue weighted by atomic mass is 32.2. The number of hydrogen-bond donors (Lipinski definition) is 2. The number of aliphatic carboxylic acids is 1. The van der Waals surface area contributed by atoms with Gasteiger partial charge in [0.1, 0.15) is 5.75 Å². The highest BCUT2D eigenvalue weighted by Gasteiger charge is 2.26. The molecule has 5 nitrogen and oxygen atoms in total. The highest BCUT2D eigenvalue weighted by molar-refractivity contribution is 7.92. The first-order valence-electron chi connectivity index (χ1n) is 5.07. The summed E-state index contributed by atoms with van der Waals surface area (Å²) in [4.78, 5) is 10.4. The Balaban J connectivity index is 4.50. The smallest absolute Gasteiger partial charge is 0.318 e. The second kappa shape index (κ2) is 6.79. The Morgan fingerprint density at radius 1 is 1.40 bits per heavy atom. The molecule has 3 N–H and O–H groups in total. The fraction of sp³-hybridized carbons (Fsp3) is 0.889. The van der Waals surface area contributed by atoms with Gasteiger partial charge in [-0.15, -0.1) is 0 Å². The highest BCUT2D eigenvalue weighted by Crippen LogP contribution is 2.14. The first-order chi connectivity index (χ1) is 6.94. The number of carbonyl (C=O) groups is 1. The maximum atomic E-state index is 11.6. The third-order valence-corrected chi connectivity index (χ3v) is 4.34. The van der Waals surface area contributed by atoms with Crippen molar-refractivity contribution in [2.45, 2.75) is 37.9 Å². The lowest BCUT2D eigenvalue weighted by Gasteiger charge is -2.14. The minimum Gasteiger partial charge on any atom is -0.480 e. The Hall–Kier alpha value is -0.620. The van der Waals surface area contributed by atoms with Gasteiger partial charge in [0.05, 0.1) is 5.25 Å². The largest absolute Gasteiger partial charge is 0.480 e. The Bertz CT molecular complexity index is 286. The number of rotatable bonds is 8. The van der Waals surface area contributed by atoms with Gasteiger partial charge in [-0.25, -0.2) is 8.42 Å². The van der Waals surface area contributed by atoms with Gasteiger partial charge in [-0.05, 0) is 19.4 Å². The molecule has 0 saturated heterocycles. The molecule has 0 aliphatic rings. The molecular formula is C9H19NO4S. The topological polar surface area (TPSA) is 97.5 Å². The summed E-state index contributed by atoms with van der Waals surface area (Å²) in [6.07, 6.45) is 2.52. The molecule has 0 aliphatic carbocycles. The summed E-state index contributed by atoms with van der Waals surface area (Å²) in [5, 5.41) is 7.88. The molecule has 0 radical (unpaired) electrons. The minimum atomic E-state index is -3.54. The van der Waals surface area contributed by atoms with Gasteiger partial charge in [-0.1, -0.05) is 19.8 Å². The Morgan fingerprint density at radius 3 is 2.40 bits per heavy atom. The Labute approximate surface area is 90.6 Å². The lowest BCUT2D eigenvalue weighted by atomic mass is 10.1. The average Bonchev–Trinajstić information content (AvgIpc) is 2.09. The first-order valence-corrected chi connectivity index (χ1v) is 6.79. The van der Waals surface area contributed by atoms with Crippen LogP contribution >= 0.6 is 0 Å². The van der Waals surface area contributed by atoms with Gasteiger partial charge in [-0.3, -0.25) is 4.79 Å². The van der Waals surface area contributed by atoms with E-state index in [0.717, 1.165) is 12.8 Å². The zero-order chi connectivity index (χ0) is 11.9. The van der Waals surface area contributed by atoms with E-state index in [2.05, 4.69) is 0 Å². The van der Waals surface area contributed by atoms with Crippen LogP contribution in [0.2, 0.25) is 0 Å². The lowest BCUT2D eigenvalue weighted by Crippen LogP contribution is -2.30. The molecule has 0 fully saturated rings. The first kappa shape index (κ1) is 14.4. The van der Waals surface area contributed by atoms with E-state index < -0.39 is 26.8 Å². The molecule has 0 spiro atoms. The van der Waals surface area contributed by atoms with Crippen LogP contribution < -0.4 is 5.73 Å². The second-order valence-electron chi connectivity index (χ2n) is 3.54. The van der Waals surface area contributed by atoms with Crippen LogP contribution in [-0.4, -0.2) is 37.0 Å². The predicted octanol–water partition coefficient (Wildman–Crippen LogP) is 0.393. The summed E-state index contributed by atoms with van der Waals surface area (Å²) in [6, 6.07) is 0. The minimum absolute atomic E-state index is 0.271. The van der Waals surface area contributed by atoms with Gasteiger partial charge >= 0.3 is 5.97 Å². The summed E-state index contributed by atoms with van der Waals surface area (Å²) in [6.45, 7) is 2.23. The fourth-order valence-electron chi connectivity index (χ4n) is 1.41. The van der Waals surface area contributed by atoms with Crippen LogP contribution in [0.4, 0.5) is 0 Å². The van der Waals surface area contributed by atoms with Crippen molar-refractivity contribution in [3.8, 4) is 0 Å². The summed E-state index contributed by atoms with van der Waals surface area (Å²) in [5.41, 5.74) is 5.32. The summed E-state index contributed by atoms with van der Waals surface area (Å²) in [7, 11) is -3.54. The molecule has 0 aromatic heterocycles. The van der Waals surface area contributed by atoms with Gasteiger partial charge < -0.3 is 10.8 Å². The quantitative estimate of drug-likeness (QED) is 0.636.